The van der Waals surface area contributed by atoms with Crippen molar-refractivity contribution < 1.29 is 14.6 Å². The van der Waals surface area contributed by atoms with Gasteiger partial charge in [-0.1, -0.05) is 12.1 Å². The molecule has 0 fully saturated rings. The zero-order valence-corrected chi connectivity index (χ0v) is 12.2. The largest absolute Gasteiger partial charge is 0.491 e. The third-order valence-corrected chi connectivity index (χ3v) is 3.21. The molecule has 0 saturated heterocycles. The van der Waals surface area contributed by atoms with Crippen molar-refractivity contribution in [2.45, 2.75) is 26.0 Å². The first-order valence-electron chi connectivity index (χ1n) is 6.93. The van der Waals surface area contributed by atoms with E-state index in [2.05, 4.69) is 15.4 Å². The Morgan fingerprint density at radius 1 is 1.45 bits per heavy atom. The summed E-state index contributed by atoms with van der Waals surface area (Å²) in [7, 11) is 0. The van der Waals surface area contributed by atoms with Crippen molar-refractivity contribution in [3.05, 3.63) is 47.9 Å². The van der Waals surface area contributed by atoms with Crippen LogP contribution in [0.3, 0.4) is 0 Å². The number of ether oxygens (including phenoxy) is 1. The van der Waals surface area contributed by atoms with Gasteiger partial charge in [0.25, 0.3) is 0 Å². The van der Waals surface area contributed by atoms with Crippen molar-refractivity contribution >= 4 is 11.9 Å². The number of hydrogen-bond donors (Lipinski definition) is 2. The van der Waals surface area contributed by atoms with E-state index in [1.165, 1.54) is 6.33 Å². The number of carbonyl (C=O) groups is 1. The van der Waals surface area contributed by atoms with E-state index in [9.17, 15) is 9.90 Å². The number of nitrogens with zero attached hydrogens (tertiary/aromatic N) is 3. The summed E-state index contributed by atoms with van der Waals surface area (Å²) in [6.45, 7) is 3.91. The van der Waals surface area contributed by atoms with Gasteiger partial charge in [-0.2, -0.15) is 10.1 Å². The predicted molar refractivity (Wildman–Crippen MR) is 79.7 cm³/mol. The van der Waals surface area contributed by atoms with Gasteiger partial charge in [-0.3, -0.25) is 0 Å². The van der Waals surface area contributed by atoms with Gasteiger partial charge in [0.2, 0.25) is 5.95 Å². The molecular weight excluding hydrogens is 284 g/mol. The van der Waals surface area contributed by atoms with Gasteiger partial charge in [-0.15, -0.1) is 0 Å². The Bertz CT molecular complexity index is 736. The summed E-state index contributed by atoms with van der Waals surface area (Å²) in [6.07, 6.45) is 3.07. The van der Waals surface area contributed by atoms with Crippen LogP contribution in [0, 0.1) is 0 Å². The molecule has 1 unspecified atom stereocenters. The maximum atomic E-state index is 11.3. The number of carboxylic acid groups (broad SMARTS) is 1. The Kier molecular flexibility index (Phi) is 3.54. The molecule has 0 saturated carbocycles. The monoisotopic (exact) mass is 300 g/mol. The van der Waals surface area contributed by atoms with Crippen LogP contribution in [0.4, 0.5) is 5.95 Å². The first kappa shape index (κ1) is 14.1. The fourth-order valence-electron chi connectivity index (χ4n) is 2.34. The average molecular weight is 300 g/mol. The number of aliphatic carboxylic acids is 1. The van der Waals surface area contributed by atoms with Crippen molar-refractivity contribution in [3.8, 4) is 5.75 Å². The average Bonchev–Trinajstić information content (AvgIpc) is 2.94. The highest BCUT2D eigenvalue weighted by molar-refractivity contribution is 5.90. The minimum atomic E-state index is -1.03. The quantitative estimate of drug-likeness (QED) is 0.898. The standard InChI is InChI=1S/C15H16N4O3/c1-9(2)22-11-5-3-4-10(6-11)13-7-12(14(20)21)18-15-16-8-17-19(13)15/h3-9,13H,1-2H3,(H,20,21)(H,16,17,18). The fourth-order valence-corrected chi connectivity index (χ4v) is 2.34. The molecule has 0 bridgehead atoms. The lowest BCUT2D eigenvalue weighted by Gasteiger charge is -2.23. The molecule has 114 valence electrons. The van der Waals surface area contributed by atoms with Crippen molar-refractivity contribution in [1.29, 1.82) is 0 Å². The smallest absolute Gasteiger partial charge is 0.352 e. The lowest BCUT2D eigenvalue weighted by atomic mass is 10.0. The summed E-state index contributed by atoms with van der Waals surface area (Å²) >= 11 is 0. The van der Waals surface area contributed by atoms with Crippen LogP contribution < -0.4 is 10.1 Å². The SMILES string of the molecule is CC(C)Oc1cccc(C2C=C(C(=O)O)Nc3ncnn32)c1. The van der Waals surface area contributed by atoms with E-state index in [4.69, 9.17) is 4.74 Å². The lowest BCUT2D eigenvalue weighted by molar-refractivity contribution is -0.132. The third-order valence-electron chi connectivity index (χ3n) is 3.21. The highest BCUT2D eigenvalue weighted by Crippen LogP contribution is 2.30. The van der Waals surface area contributed by atoms with E-state index < -0.39 is 5.97 Å². The van der Waals surface area contributed by atoms with E-state index in [0.717, 1.165) is 11.3 Å². The van der Waals surface area contributed by atoms with Crippen LogP contribution in [-0.4, -0.2) is 31.9 Å². The second kappa shape index (κ2) is 5.51. The second-order valence-electron chi connectivity index (χ2n) is 5.22. The number of carboxylic acids is 1. The third kappa shape index (κ3) is 2.65. The van der Waals surface area contributed by atoms with Crippen LogP contribution in [0.5, 0.6) is 5.75 Å². The van der Waals surface area contributed by atoms with Gasteiger partial charge in [-0.25, -0.2) is 9.48 Å². The first-order valence-corrected chi connectivity index (χ1v) is 6.93. The molecule has 0 amide bonds. The minimum Gasteiger partial charge on any atom is -0.491 e. The zero-order valence-electron chi connectivity index (χ0n) is 12.2. The topological polar surface area (TPSA) is 89.3 Å². The van der Waals surface area contributed by atoms with Crippen molar-refractivity contribution in [3.63, 3.8) is 0 Å². The number of benzene rings is 1. The molecule has 1 aromatic carbocycles. The van der Waals surface area contributed by atoms with Gasteiger partial charge in [-0.05, 0) is 37.6 Å². The van der Waals surface area contributed by atoms with Crippen LogP contribution >= 0.6 is 0 Å². The van der Waals surface area contributed by atoms with E-state index >= 15 is 0 Å². The van der Waals surface area contributed by atoms with Crippen molar-refractivity contribution in [2.24, 2.45) is 0 Å². The molecule has 1 atom stereocenters. The van der Waals surface area contributed by atoms with E-state index in [0.29, 0.717) is 5.95 Å². The first-order chi connectivity index (χ1) is 10.5. The number of allylic oxidation sites excluding steroid dienone is 1. The summed E-state index contributed by atoms with van der Waals surface area (Å²) in [5, 5.41) is 16.1. The van der Waals surface area contributed by atoms with Gasteiger partial charge < -0.3 is 15.2 Å². The Balaban J connectivity index is 2.01. The normalized spacial score (nSPS) is 16.7. The van der Waals surface area contributed by atoms with Crippen molar-refractivity contribution in [2.75, 3.05) is 5.32 Å². The van der Waals surface area contributed by atoms with Crippen LogP contribution in [0.2, 0.25) is 0 Å². The number of anilines is 1. The van der Waals surface area contributed by atoms with Crippen molar-refractivity contribution in [1.82, 2.24) is 14.8 Å². The van der Waals surface area contributed by atoms with Crippen LogP contribution in [0.15, 0.2) is 42.4 Å². The molecule has 2 aromatic rings. The van der Waals surface area contributed by atoms with Crippen LogP contribution in [-0.2, 0) is 4.79 Å². The number of aromatic nitrogens is 3. The zero-order chi connectivity index (χ0) is 15.7. The molecule has 0 aliphatic carbocycles. The van der Waals surface area contributed by atoms with E-state index in [1.54, 1.807) is 10.8 Å². The highest BCUT2D eigenvalue weighted by Gasteiger charge is 2.25. The molecule has 2 heterocycles. The van der Waals surface area contributed by atoms with Crippen LogP contribution in [0.1, 0.15) is 25.5 Å². The summed E-state index contributed by atoms with van der Waals surface area (Å²) in [5.41, 5.74) is 0.964. The number of fused-ring (bicyclic) bond motifs is 1. The molecule has 7 nitrogen and oxygen atoms in total. The van der Waals surface area contributed by atoms with Gasteiger partial charge >= 0.3 is 5.97 Å². The maximum absolute atomic E-state index is 11.3. The van der Waals surface area contributed by atoms with Gasteiger partial charge in [0.1, 0.15) is 23.8 Å². The minimum absolute atomic E-state index is 0.0651. The number of hydrogen-bond acceptors (Lipinski definition) is 5. The van der Waals surface area contributed by atoms with E-state index in [1.807, 2.05) is 38.1 Å². The molecule has 1 aliphatic heterocycles. The molecular formula is C15H16N4O3. The summed E-state index contributed by atoms with van der Waals surface area (Å²) in [5.74, 6) is 0.104. The number of rotatable bonds is 4. The number of nitrogens with one attached hydrogen (secondary N) is 1. The molecule has 1 aliphatic rings. The Morgan fingerprint density at radius 3 is 3.00 bits per heavy atom. The fraction of sp³-hybridized carbons (Fsp3) is 0.267. The molecule has 22 heavy (non-hydrogen) atoms. The van der Waals surface area contributed by atoms with Gasteiger partial charge in [0.05, 0.1) is 6.10 Å². The molecule has 1 aromatic heterocycles. The predicted octanol–water partition coefficient (Wildman–Crippen LogP) is 2.05. The Labute approximate surface area is 127 Å². The lowest BCUT2D eigenvalue weighted by Crippen LogP contribution is -2.24. The molecule has 3 rings (SSSR count). The van der Waals surface area contributed by atoms with E-state index in [-0.39, 0.29) is 17.8 Å². The Hall–Kier alpha value is -2.83. The Morgan fingerprint density at radius 2 is 2.27 bits per heavy atom. The molecule has 0 radical (unpaired) electrons. The maximum Gasteiger partial charge on any atom is 0.352 e. The molecule has 7 heteroatoms. The summed E-state index contributed by atoms with van der Waals surface area (Å²) < 4.78 is 7.33. The highest BCUT2D eigenvalue weighted by atomic mass is 16.5. The molecule has 2 N–H and O–H groups in total. The van der Waals surface area contributed by atoms with Gasteiger partial charge in [0.15, 0.2) is 0 Å². The molecule has 0 spiro atoms. The van der Waals surface area contributed by atoms with Gasteiger partial charge in [0, 0.05) is 0 Å². The summed E-state index contributed by atoms with van der Waals surface area (Å²) in [4.78, 5) is 15.3. The van der Waals surface area contributed by atoms with Crippen LogP contribution in [0.25, 0.3) is 0 Å². The summed E-state index contributed by atoms with van der Waals surface area (Å²) in [6, 6.07) is 7.19. The second-order valence-corrected chi connectivity index (χ2v) is 5.22.